The third-order valence-corrected chi connectivity index (χ3v) is 3.75. The van der Waals surface area contributed by atoms with Crippen molar-refractivity contribution in [2.75, 3.05) is 19.7 Å². The van der Waals surface area contributed by atoms with E-state index in [-0.39, 0.29) is 0 Å². The fraction of sp³-hybridized carbons (Fsp3) is 0.800. The lowest BCUT2D eigenvalue weighted by molar-refractivity contribution is 0.0754. The van der Waals surface area contributed by atoms with Crippen molar-refractivity contribution >= 4 is 0 Å². The van der Waals surface area contributed by atoms with Gasteiger partial charge in [0.15, 0.2) is 0 Å². The molecule has 4 heteroatoms. The maximum Gasteiger partial charge on any atom is 0.0948 e. The number of imidazole rings is 1. The average molecular weight is 265 g/mol. The first-order valence-corrected chi connectivity index (χ1v) is 7.59. The van der Waals surface area contributed by atoms with E-state index >= 15 is 0 Å². The van der Waals surface area contributed by atoms with E-state index in [0.717, 1.165) is 32.7 Å². The van der Waals surface area contributed by atoms with E-state index < -0.39 is 0 Å². The smallest absolute Gasteiger partial charge is 0.0948 e. The van der Waals surface area contributed by atoms with Gasteiger partial charge < -0.3 is 14.6 Å². The van der Waals surface area contributed by atoms with Crippen LogP contribution >= 0.6 is 0 Å². The highest BCUT2D eigenvalue weighted by atomic mass is 16.5. The first-order valence-electron chi connectivity index (χ1n) is 7.59. The third kappa shape index (κ3) is 4.62. The van der Waals surface area contributed by atoms with Gasteiger partial charge in [0.2, 0.25) is 0 Å². The van der Waals surface area contributed by atoms with Gasteiger partial charge in [0, 0.05) is 31.0 Å². The Morgan fingerprint density at radius 1 is 1.37 bits per heavy atom. The fourth-order valence-electron chi connectivity index (χ4n) is 2.68. The standard InChI is InChI=1S/C15H27N3O/c1-13(2)19-10-4-3-9-18-12-17-11-15(18)14-5-7-16-8-6-14/h11-14,16H,3-10H2,1-2H3. The molecule has 4 nitrogen and oxygen atoms in total. The van der Waals surface area contributed by atoms with Gasteiger partial charge in [-0.15, -0.1) is 0 Å². The van der Waals surface area contributed by atoms with Gasteiger partial charge >= 0.3 is 0 Å². The van der Waals surface area contributed by atoms with Gasteiger partial charge in [-0.25, -0.2) is 4.98 Å². The second kappa shape index (κ2) is 7.65. The number of aryl methyl sites for hydroxylation is 1. The van der Waals surface area contributed by atoms with Crippen LogP contribution in [0.5, 0.6) is 0 Å². The molecule has 0 aromatic carbocycles. The largest absolute Gasteiger partial charge is 0.379 e. The molecule has 0 saturated carbocycles. The topological polar surface area (TPSA) is 39.1 Å². The Morgan fingerprint density at radius 3 is 2.89 bits per heavy atom. The summed E-state index contributed by atoms with van der Waals surface area (Å²) < 4.78 is 7.91. The molecule has 0 bridgehead atoms. The summed E-state index contributed by atoms with van der Waals surface area (Å²) in [7, 11) is 0. The van der Waals surface area contributed by atoms with Gasteiger partial charge in [-0.3, -0.25) is 0 Å². The van der Waals surface area contributed by atoms with Crippen LogP contribution in [0.4, 0.5) is 0 Å². The fourth-order valence-corrected chi connectivity index (χ4v) is 2.68. The molecule has 108 valence electrons. The first-order chi connectivity index (χ1) is 9.27. The predicted molar refractivity (Wildman–Crippen MR) is 77.4 cm³/mol. The summed E-state index contributed by atoms with van der Waals surface area (Å²) >= 11 is 0. The zero-order valence-electron chi connectivity index (χ0n) is 12.3. The highest BCUT2D eigenvalue weighted by Crippen LogP contribution is 2.24. The molecular formula is C15H27N3O. The number of nitrogens with zero attached hydrogens (tertiary/aromatic N) is 2. The molecule has 0 amide bonds. The molecule has 2 heterocycles. The summed E-state index contributed by atoms with van der Waals surface area (Å²) in [5, 5.41) is 3.42. The second-order valence-corrected chi connectivity index (χ2v) is 5.66. The number of nitrogens with one attached hydrogen (secondary N) is 1. The normalized spacial score (nSPS) is 17.2. The van der Waals surface area contributed by atoms with Crippen molar-refractivity contribution in [2.45, 2.75) is 58.1 Å². The average Bonchev–Trinajstić information content (AvgIpc) is 2.87. The number of unbranched alkanes of at least 4 members (excludes halogenated alkanes) is 1. The van der Waals surface area contributed by atoms with E-state index in [2.05, 4.69) is 34.9 Å². The van der Waals surface area contributed by atoms with Crippen molar-refractivity contribution in [3.8, 4) is 0 Å². The van der Waals surface area contributed by atoms with Gasteiger partial charge in [0.25, 0.3) is 0 Å². The van der Waals surface area contributed by atoms with Crippen molar-refractivity contribution in [2.24, 2.45) is 0 Å². The molecule has 1 aromatic heterocycles. The van der Waals surface area contributed by atoms with E-state index in [1.54, 1.807) is 0 Å². The molecule has 1 aliphatic rings. The molecule has 2 rings (SSSR count). The minimum atomic E-state index is 0.346. The summed E-state index contributed by atoms with van der Waals surface area (Å²) in [6.07, 6.45) is 9.16. The third-order valence-electron chi connectivity index (χ3n) is 3.75. The Hall–Kier alpha value is -0.870. The summed E-state index contributed by atoms with van der Waals surface area (Å²) in [5.41, 5.74) is 1.42. The number of piperidine rings is 1. The van der Waals surface area contributed by atoms with Crippen molar-refractivity contribution in [1.82, 2.24) is 14.9 Å². The maximum atomic E-state index is 5.57. The molecule has 0 spiro atoms. The maximum absolute atomic E-state index is 5.57. The van der Waals surface area contributed by atoms with Crippen LogP contribution in [0.2, 0.25) is 0 Å². The lowest BCUT2D eigenvalue weighted by atomic mass is 9.95. The molecular weight excluding hydrogens is 238 g/mol. The van der Waals surface area contributed by atoms with Crippen molar-refractivity contribution in [3.05, 3.63) is 18.2 Å². The van der Waals surface area contributed by atoms with Crippen LogP contribution in [0.15, 0.2) is 12.5 Å². The van der Waals surface area contributed by atoms with Gasteiger partial charge in [-0.2, -0.15) is 0 Å². The minimum Gasteiger partial charge on any atom is -0.379 e. The number of rotatable bonds is 7. The van der Waals surface area contributed by atoms with E-state index in [1.165, 1.54) is 25.0 Å². The quantitative estimate of drug-likeness (QED) is 0.770. The van der Waals surface area contributed by atoms with E-state index in [4.69, 9.17) is 4.74 Å². The van der Waals surface area contributed by atoms with E-state index in [9.17, 15) is 0 Å². The number of hydrogen-bond donors (Lipinski definition) is 1. The Labute approximate surface area is 116 Å². The molecule has 1 fully saturated rings. The number of aromatic nitrogens is 2. The lowest BCUT2D eigenvalue weighted by Crippen LogP contribution is -2.27. The summed E-state index contributed by atoms with van der Waals surface area (Å²) in [4.78, 5) is 4.34. The van der Waals surface area contributed by atoms with Crippen molar-refractivity contribution in [3.63, 3.8) is 0 Å². The molecule has 0 aliphatic carbocycles. The van der Waals surface area contributed by atoms with Crippen LogP contribution in [-0.2, 0) is 11.3 Å². The number of hydrogen-bond acceptors (Lipinski definition) is 3. The van der Waals surface area contributed by atoms with Crippen LogP contribution in [-0.4, -0.2) is 35.4 Å². The van der Waals surface area contributed by atoms with Crippen LogP contribution in [0.3, 0.4) is 0 Å². The van der Waals surface area contributed by atoms with Crippen molar-refractivity contribution < 1.29 is 4.74 Å². The Bertz CT molecular complexity index is 356. The molecule has 0 unspecified atom stereocenters. The van der Waals surface area contributed by atoms with Crippen molar-refractivity contribution in [1.29, 1.82) is 0 Å². The van der Waals surface area contributed by atoms with Crippen LogP contribution in [0.1, 0.15) is 51.1 Å². The summed E-state index contributed by atoms with van der Waals surface area (Å²) in [5.74, 6) is 0.690. The Morgan fingerprint density at radius 2 is 2.16 bits per heavy atom. The van der Waals surface area contributed by atoms with Gasteiger partial charge in [-0.05, 0) is 52.6 Å². The zero-order chi connectivity index (χ0) is 13.5. The Balaban J connectivity index is 1.76. The van der Waals surface area contributed by atoms with Gasteiger partial charge in [0.1, 0.15) is 0 Å². The van der Waals surface area contributed by atoms with Crippen LogP contribution in [0, 0.1) is 0 Å². The van der Waals surface area contributed by atoms with Gasteiger partial charge in [-0.1, -0.05) is 0 Å². The monoisotopic (exact) mass is 265 g/mol. The second-order valence-electron chi connectivity index (χ2n) is 5.66. The SMILES string of the molecule is CC(C)OCCCCn1cncc1C1CCNCC1. The number of ether oxygens (including phenoxy) is 1. The highest BCUT2D eigenvalue weighted by molar-refractivity contribution is 5.07. The minimum absolute atomic E-state index is 0.346. The zero-order valence-corrected chi connectivity index (χ0v) is 12.3. The molecule has 1 N–H and O–H groups in total. The lowest BCUT2D eigenvalue weighted by Gasteiger charge is -2.23. The van der Waals surface area contributed by atoms with E-state index in [1.807, 2.05) is 6.33 Å². The summed E-state index contributed by atoms with van der Waals surface area (Å²) in [6.45, 7) is 8.39. The van der Waals surface area contributed by atoms with E-state index in [0.29, 0.717) is 12.0 Å². The molecule has 1 aromatic rings. The van der Waals surface area contributed by atoms with Gasteiger partial charge in [0.05, 0.1) is 12.4 Å². The molecule has 1 aliphatic heterocycles. The Kier molecular flexibility index (Phi) is 5.86. The summed E-state index contributed by atoms with van der Waals surface area (Å²) in [6, 6.07) is 0. The highest BCUT2D eigenvalue weighted by Gasteiger charge is 2.18. The molecule has 0 atom stereocenters. The first kappa shape index (κ1) is 14.5. The van der Waals surface area contributed by atoms with Crippen LogP contribution < -0.4 is 5.32 Å². The molecule has 19 heavy (non-hydrogen) atoms. The van der Waals surface area contributed by atoms with Crippen LogP contribution in [0.25, 0.3) is 0 Å². The molecule has 0 radical (unpaired) electrons. The molecule has 1 saturated heterocycles. The predicted octanol–water partition coefficient (Wildman–Crippen LogP) is 2.56.